The topological polar surface area (TPSA) is 58.6 Å². The van der Waals surface area contributed by atoms with Crippen LogP contribution in [0.3, 0.4) is 0 Å². The lowest BCUT2D eigenvalue weighted by molar-refractivity contribution is 0.388. The first kappa shape index (κ1) is 20.8. The van der Waals surface area contributed by atoms with E-state index in [0.717, 1.165) is 28.9 Å². The van der Waals surface area contributed by atoms with Gasteiger partial charge in [0.15, 0.2) is 0 Å². The van der Waals surface area contributed by atoms with Crippen LogP contribution in [0.15, 0.2) is 41.3 Å². The second-order valence-electron chi connectivity index (χ2n) is 6.51. The maximum Gasteiger partial charge on any atom is 0.209 e. The molecular formula is C19H26N2O3S2. The fourth-order valence-electron chi connectivity index (χ4n) is 2.56. The Morgan fingerprint density at radius 1 is 1.15 bits per heavy atom. The molecule has 0 aliphatic heterocycles. The molecule has 1 N–H and O–H groups in total. The SMILES string of the molecule is CSc1ccc(Oc2ccc(CNS(C)(=O)=O)cc2CN(C)C)cc1C. The summed E-state index contributed by atoms with van der Waals surface area (Å²) in [6, 6.07) is 11.8. The Morgan fingerprint density at radius 2 is 1.88 bits per heavy atom. The van der Waals surface area contributed by atoms with E-state index in [2.05, 4.69) is 28.9 Å². The molecular weight excluding hydrogens is 368 g/mol. The van der Waals surface area contributed by atoms with Gasteiger partial charge in [-0.15, -0.1) is 11.8 Å². The monoisotopic (exact) mass is 394 g/mol. The third-order valence-electron chi connectivity index (χ3n) is 3.74. The quantitative estimate of drug-likeness (QED) is 0.693. The number of aryl methyl sites for hydroxylation is 1. The van der Waals surface area contributed by atoms with Crippen LogP contribution >= 0.6 is 11.8 Å². The van der Waals surface area contributed by atoms with Gasteiger partial charge in [-0.05, 0) is 68.7 Å². The van der Waals surface area contributed by atoms with Gasteiger partial charge in [-0.2, -0.15) is 0 Å². The van der Waals surface area contributed by atoms with E-state index in [9.17, 15) is 8.42 Å². The van der Waals surface area contributed by atoms with Crippen LogP contribution in [0.1, 0.15) is 16.7 Å². The summed E-state index contributed by atoms with van der Waals surface area (Å²) in [6.45, 7) is 3.03. The van der Waals surface area contributed by atoms with Gasteiger partial charge in [-0.25, -0.2) is 13.1 Å². The van der Waals surface area contributed by atoms with Crippen LogP contribution < -0.4 is 9.46 Å². The molecule has 0 amide bonds. The third-order valence-corrected chi connectivity index (χ3v) is 5.31. The lowest BCUT2D eigenvalue weighted by Gasteiger charge is -2.17. The molecule has 0 aromatic heterocycles. The minimum absolute atomic E-state index is 0.265. The highest BCUT2D eigenvalue weighted by Gasteiger charge is 2.10. The first-order chi connectivity index (χ1) is 12.2. The van der Waals surface area contributed by atoms with Gasteiger partial charge in [0.1, 0.15) is 11.5 Å². The zero-order chi connectivity index (χ0) is 19.3. The van der Waals surface area contributed by atoms with Crippen LogP contribution in [0.25, 0.3) is 0 Å². The summed E-state index contributed by atoms with van der Waals surface area (Å²) in [5, 5.41) is 0. The second kappa shape index (κ2) is 8.90. The summed E-state index contributed by atoms with van der Waals surface area (Å²) in [5.74, 6) is 1.57. The highest BCUT2D eigenvalue weighted by atomic mass is 32.2. The predicted octanol–water partition coefficient (Wildman–Crippen LogP) is 3.62. The Balaban J connectivity index is 2.27. The van der Waals surface area contributed by atoms with Crippen molar-refractivity contribution in [3.8, 4) is 11.5 Å². The van der Waals surface area contributed by atoms with Crippen molar-refractivity contribution >= 4 is 21.8 Å². The van der Waals surface area contributed by atoms with Gasteiger partial charge in [0, 0.05) is 23.5 Å². The normalized spacial score (nSPS) is 11.8. The summed E-state index contributed by atoms with van der Waals surface area (Å²) in [6.07, 6.45) is 3.22. The van der Waals surface area contributed by atoms with Gasteiger partial charge in [0.05, 0.1) is 6.26 Å². The van der Waals surface area contributed by atoms with Gasteiger partial charge in [0.25, 0.3) is 0 Å². The average Bonchev–Trinajstić information content (AvgIpc) is 2.54. The van der Waals surface area contributed by atoms with Crippen molar-refractivity contribution in [3.05, 3.63) is 53.1 Å². The lowest BCUT2D eigenvalue weighted by Crippen LogP contribution is -2.21. The first-order valence-corrected chi connectivity index (χ1v) is 11.3. The van der Waals surface area contributed by atoms with Crippen molar-refractivity contribution in [3.63, 3.8) is 0 Å². The van der Waals surface area contributed by atoms with Crippen LogP contribution in [0, 0.1) is 6.92 Å². The van der Waals surface area contributed by atoms with Crippen molar-refractivity contribution in [1.82, 2.24) is 9.62 Å². The van der Waals surface area contributed by atoms with Crippen molar-refractivity contribution < 1.29 is 13.2 Å². The number of nitrogens with zero attached hydrogens (tertiary/aromatic N) is 1. The van der Waals surface area contributed by atoms with Gasteiger partial charge >= 0.3 is 0 Å². The number of benzene rings is 2. The number of ether oxygens (including phenoxy) is 1. The van der Waals surface area contributed by atoms with Crippen molar-refractivity contribution in [1.29, 1.82) is 0 Å². The molecule has 0 spiro atoms. The second-order valence-corrected chi connectivity index (χ2v) is 9.19. The molecule has 0 saturated carbocycles. The molecule has 0 unspecified atom stereocenters. The number of hydrogen-bond acceptors (Lipinski definition) is 5. The first-order valence-electron chi connectivity index (χ1n) is 8.21. The molecule has 26 heavy (non-hydrogen) atoms. The van der Waals surface area contributed by atoms with Gasteiger partial charge < -0.3 is 9.64 Å². The summed E-state index contributed by atoms with van der Waals surface area (Å²) in [7, 11) is 0.755. The van der Waals surface area contributed by atoms with E-state index >= 15 is 0 Å². The molecule has 0 aliphatic rings. The molecule has 0 atom stereocenters. The summed E-state index contributed by atoms with van der Waals surface area (Å²) in [5.41, 5.74) is 3.08. The van der Waals surface area contributed by atoms with E-state index in [1.165, 1.54) is 10.5 Å². The molecule has 0 saturated heterocycles. The molecule has 0 fully saturated rings. The third kappa shape index (κ3) is 6.32. The minimum atomic E-state index is -3.22. The molecule has 2 rings (SSSR count). The highest BCUT2D eigenvalue weighted by molar-refractivity contribution is 7.98. The molecule has 142 valence electrons. The minimum Gasteiger partial charge on any atom is -0.457 e. The molecule has 2 aromatic rings. The Hall–Kier alpha value is -1.54. The van der Waals surface area contributed by atoms with E-state index in [0.29, 0.717) is 6.54 Å². The van der Waals surface area contributed by atoms with Crippen LogP contribution in [-0.2, 0) is 23.1 Å². The van der Waals surface area contributed by atoms with Crippen LogP contribution in [0.4, 0.5) is 0 Å². The zero-order valence-corrected chi connectivity index (χ0v) is 17.5. The van der Waals surface area contributed by atoms with E-state index in [1.807, 2.05) is 44.4 Å². The molecule has 0 radical (unpaired) electrons. The van der Waals surface area contributed by atoms with Crippen molar-refractivity contribution in [2.45, 2.75) is 24.9 Å². The maximum absolute atomic E-state index is 11.3. The highest BCUT2D eigenvalue weighted by Crippen LogP contribution is 2.30. The molecule has 7 heteroatoms. The fraction of sp³-hybridized carbons (Fsp3) is 0.368. The zero-order valence-electron chi connectivity index (χ0n) is 15.9. The molecule has 2 aromatic carbocycles. The number of sulfonamides is 1. The Labute approximate surface area is 160 Å². The Kier molecular flexibility index (Phi) is 7.11. The van der Waals surface area contributed by atoms with Crippen LogP contribution in [0.2, 0.25) is 0 Å². The summed E-state index contributed by atoms with van der Waals surface area (Å²) in [4.78, 5) is 3.28. The van der Waals surface area contributed by atoms with Crippen molar-refractivity contribution in [2.24, 2.45) is 0 Å². The van der Waals surface area contributed by atoms with E-state index in [1.54, 1.807) is 11.8 Å². The standard InChI is InChI=1S/C19H26N2O3S2/c1-14-10-17(7-9-19(14)25-4)24-18-8-6-15(12-20-26(5,22)23)11-16(18)13-21(2)3/h6-11,20H,12-13H2,1-5H3. The molecule has 0 bridgehead atoms. The van der Waals surface area contributed by atoms with Crippen LogP contribution in [-0.4, -0.2) is 39.9 Å². The Morgan fingerprint density at radius 3 is 2.46 bits per heavy atom. The van der Waals surface area contributed by atoms with E-state index < -0.39 is 10.0 Å². The van der Waals surface area contributed by atoms with Crippen molar-refractivity contribution in [2.75, 3.05) is 26.6 Å². The summed E-state index contributed by atoms with van der Waals surface area (Å²) >= 11 is 1.71. The number of nitrogens with one attached hydrogen (secondary N) is 1. The van der Waals surface area contributed by atoms with Gasteiger partial charge in [0.2, 0.25) is 10.0 Å². The Bertz CT molecular complexity index is 865. The van der Waals surface area contributed by atoms with E-state index in [-0.39, 0.29) is 6.54 Å². The summed E-state index contributed by atoms with van der Waals surface area (Å²) < 4.78 is 31.3. The van der Waals surface area contributed by atoms with Gasteiger partial charge in [-0.3, -0.25) is 0 Å². The molecule has 5 nitrogen and oxygen atoms in total. The van der Waals surface area contributed by atoms with Crippen LogP contribution in [0.5, 0.6) is 11.5 Å². The average molecular weight is 395 g/mol. The lowest BCUT2D eigenvalue weighted by atomic mass is 10.1. The van der Waals surface area contributed by atoms with Gasteiger partial charge in [-0.1, -0.05) is 6.07 Å². The number of rotatable bonds is 8. The molecule has 0 heterocycles. The number of hydrogen-bond donors (Lipinski definition) is 1. The fourth-order valence-corrected chi connectivity index (χ4v) is 3.58. The molecule has 0 aliphatic carbocycles. The smallest absolute Gasteiger partial charge is 0.209 e. The number of thioether (sulfide) groups is 1. The predicted molar refractivity (Wildman–Crippen MR) is 109 cm³/mol. The largest absolute Gasteiger partial charge is 0.457 e. The van der Waals surface area contributed by atoms with E-state index in [4.69, 9.17) is 4.74 Å². The maximum atomic E-state index is 11.3.